The number of carbonyl (C=O) groups is 1. The van der Waals surface area contributed by atoms with E-state index in [9.17, 15) is 4.79 Å². The fraction of sp³-hybridized carbons (Fsp3) is 0.304. The Bertz CT molecular complexity index is 1060. The summed E-state index contributed by atoms with van der Waals surface area (Å²) in [5.74, 6) is 1.75. The van der Waals surface area contributed by atoms with Crippen LogP contribution < -0.4 is 9.47 Å². The third kappa shape index (κ3) is 3.70. The lowest BCUT2D eigenvalue weighted by molar-refractivity contribution is -0.131. The molecule has 5 rings (SSSR count). The summed E-state index contributed by atoms with van der Waals surface area (Å²) in [5.41, 5.74) is 3.99. The number of fused-ring (bicyclic) bond motifs is 1. The quantitative estimate of drug-likeness (QED) is 0.667. The highest BCUT2D eigenvalue weighted by atomic mass is 16.7. The molecule has 1 amide bonds. The number of ether oxygens (including phenoxy) is 2. The van der Waals surface area contributed by atoms with Crippen LogP contribution in [-0.2, 0) is 11.2 Å². The van der Waals surface area contributed by atoms with Crippen molar-refractivity contribution in [3.05, 3.63) is 66.5 Å². The number of pyridine rings is 1. The van der Waals surface area contributed by atoms with E-state index in [1.807, 2.05) is 41.4 Å². The molecule has 0 bridgehead atoms. The fourth-order valence-corrected chi connectivity index (χ4v) is 4.18. The number of amides is 1. The lowest BCUT2D eigenvalue weighted by Crippen LogP contribution is -2.40. The molecule has 4 heterocycles. The second-order valence-electron chi connectivity index (χ2n) is 7.60. The van der Waals surface area contributed by atoms with Crippen LogP contribution in [0.1, 0.15) is 30.0 Å². The smallest absolute Gasteiger partial charge is 0.231 e. The molecule has 0 spiro atoms. The molecule has 30 heavy (non-hydrogen) atoms. The maximum Gasteiger partial charge on any atom is 0.231 e. The highest BCUT2D eigenvalue weighted by Crippen LogP contribution is 2.34. The van der Waals surface area contributed by atoms with Crippen LogP contribution in [0.15, 0.2) is 55.2 Å². The number of likely N-dealkylation sites (tertiary alicyclic amines) is 1. The highest BCUT2D eigenvalue weighted by molar-refractivity contribution is 5.79. The van der Waals surface area contributed by atoms with Gasteiger partial charge in [0.15, 0.2) is 11.5 Å². The largest absolute Gasteiger partial charge is 0.454 e. The van der Waals surface area contributed by atoms with E-state index in [0.717, 1.165) is 47.5 Å². The van der Waals surface area contributed by atoms with Crippen LogP contribution >= 0.6 is 0 Å². The predicted octanol–water partition coefficient (Wildman–Crippen LogP) is 3.22. The summed E-state index contributed by atoms with van der Waals surface area (Å²) >= 11 is 0. The topological polar surface area (TPSA) is 77.4 Å². The van der Waals surface area contributed by atoms with E-state index < -0.39 is 0 Å². The minimum Gasteiger partial charge on any atom is -0.454 e. The van der Waals surface area contributed by atoms with Gasteiger partial charge in [-0.15, -0.1) is 0 Å². The van der Waals surface area contributed by atoms with Crippen molar-refractivity contribution < 1.29 is 14.3 Å². The van der Waals surface area contributed by atoms with Crippen molar-refractivity contribution >= 4 is 5.91 Å². The minimum absolute atomic E-state index is 0.123. The van der Waals surface area contributed by atoms with Crippen molar-refractivity contribution in [1.82, 2.24) is 19.9 Å². The van der Waals surface area contributed by atoms with Crippen LogP contribution in [0.2, 0.25) is 0 Å². The van der Waals surface area contributed by atoms with Crippen LogP contribution in [0.4, 0.5) is 0 Å². The Hall–Kier alpha value is -3.48. The molecule has 0 N–H and O–H groups in total. The summed E-state index contributed by atoms with van der Waals surface area (Å²) in [5, 5.41) is 0. The summed E-state index contributed by atoms with van der Waals surface area (Å²) in [6, 6.07) is 9.62. The van der Waals surface area contributed by atoms with E-state index in [2.05, 4.69) is 15.0 Å². The summed E-state index contributed by atoms with van der Waals surface area (Å²) < 4.78 is 10.8. The Labute approximate surface area is 174 Å². The fourth-order valence-electron chi connectivity index (χ4n) is 4.18. The van der Waals surface area contributed by atoms with E-state index in [-0.39, 0.29) is 18.6 Å². The van der Waals surface area contributed by atoms with Crippen LogP contribution in [0, 0.1) is 0 Å². The molecule has 7 heteroatoms. The molecule has 0 radical (unpaired) electrons. The van der Waals surface area contributed by atoms with E-state index in [0.29, 0.717) is 18.7 Å². The molecule has 1 aromatic carbocycles. The molecular weight excluding hydrogens is 380 g/mol. The van der Waals surface area contributed by atoms with Crippen molar-refractivity contribution in [1.29, 1.82) is 0 Å². The summed E-state index contributed by atoms with van der Waals surface area (Å²) in [6.07, 6.45) is 9.30. The monoisotopic (exact) mass is 402 g/mol. The molecule has 2 aliphatic heterocycles. The van der Waals surface area contributed by atoms with E-state index in [1.165, 1.54) is 0 Å². The molecule has 2 aliphatic rings. The third-order valence-electron chi connectivity index (χ3n) is 5.69. The van der Waals surface area contributed by atoms with E-state index in [1.54, 1.807) is 18.7 Å². The van der Waals surface area contributed by atoms with Crippen molar-refractivity contribution in [2.75, 3.05) is 19.9 Å². The van der Waals surface area contributed by atoms with Gasteiger partial charge in [-0.2, -0.15) is 0 Å². The Morgan fingerprint density at radius 3 is 2.87 bits per heavy atom. The second kappa shape index (κ2) is 8.10. The molecule has 152 valence electrons. The number of carbonyl (C=O) groups excluding carboxylic acids is 1. The molecule has 1 atom stereocenters. The number of benzene rings is 1. The third-order valence-corrected chi connectivity index (χ3v) is 5.69. The van der Waals surface area contributed by atoms with Gasteiger partial charge in [0.05, 0.1) is 12.1 Å². The van der Waals surface area contributed by atoms with Crippen LogP contribution in [-0.4, -0.2) is 45.6 Å². The molecule has 1 fully saturated rings. The number of hydrogen-bond acceptors (Lipinski definition) is 6. The first-order chi connectivity index (χ1) is 14.8. The summed E-state index contributed by atoms with van der Waals surface area (Å²) in [7, 11) is 0. The van der Waals surface area contributed by atoms with Gasteiger partial charge in [-0.25, -0.2) is 9.97 Å². The Kier molecular flexibility index (Phi) is 5.01. The van der Waals surface area contributed by atoms with Gasteiger partial charge in [-0.05, 0) is 48.2 Å². The minimum atomic E-state index is 0.123. The number of piperidine rings is 1. The Balaban J connectivity index is 1.32. The number of aromatic nitrogens is 3. The van der Waals surface area contributed by atoms with Gasteiger partial charge < -0.3 is 14.4 Å². The SMILES string of the molecule is O=C(Cc1ccc2c(c1)OCO2)N1CCC[C@@H](c2ncncc2-c2ccncc2)C1. The van der Waals surface area contributed by atoms with Crippen LogP contribution in [0.5, 0.6) is 11.5 Å². The predicted molar refractivity (Wildman–Crippen MR) is 110 cm³/mol. The van der Waals surface area contributed by atoms with Crippen molar-refractivity contribution in [2.45, 2.75) is 25.2 Å². The molecular formula is C23H22N4O3. The molecule has 2 aromatic heterocycles. The van der Waals surface area contributed by atoms with Crippen molar-refractivity contribution in [3.8, 4) is 22.6 Å². The zero-order valence-corrected chi connectivity index (χ0v) is 16.5. The highest BCUT2D eigenvalue weighted by Gasteiger charge is 2.28. The zero-order valence-electron chi connectivity index (χ0n) is 16.5. The number of rotatable bonds is 4. The van der Waals surface area contributed by atoms with Gasteiger partial charge in [0.1, 0.15) is 6.33 Å². The average Bonchev–Trinajstić information content (AvgIpc) is 3.28. The van der Waals surface area contributed by atoms with Gasteiger partial charge in [-0.1, -0.05) is 6.07 Å². The molecule has 0 saturated carbocycles. The summed E-state index contributed by atoms with van der Waals surface area (Å²) in [4.78, 5) is 27.9. The standard InChI is InChI=1S/C23H22N4O3/c28-22(11-16-3-4-20-21(10-16)30-15-29-20)27-9-1-2-18(13-27)23-19(12-25-14-26-23)17-5-7-24-8-6-17/h3-8,10,12,14,18H,1-2,9,11,13,15H2/t18-/m1/s1. The maximum atomic E-state index is 13.0. The molecule has 1 saturated heterocycles. The average molecular weight is 402 g/mol. The Morgan fingerprint density at radius 1 is 1.10 bits per heavy atom. The number of nitrogens with zero attached hydrogens (tertiary/aromatic N) is 4. The number of hydrogen-bond donors (Lipinski definition) is 0. The molecule has 0 unspecified atom stereocenters. The lowest BCUT2D eigenvalue weighted by Gasteiger charge is -2.33. The van der Waals surface area contributed by atoms with Gasteiger partial charge in [0, 0.05) is 43.2 Å². The maximum absolute atomic E-state index is 13.0. The first-order valence-corrected chi connectivity index (χ1v) is 10.1. The lowest BCUT2D eigenvalue weighted by atomic mass is 9.90. The zero-order chi connectivity index (χ0) is 20.3. The van der Waals surface area contributed by atoms with Crippen LogP contribution in [0.3, 0.4) is 0 Å². The molecule has 3 aromatic rings. The van der Waals surface area contributed by atoms with Gasteiger partial charge >= 0.3 is 0 Å². The van der Waals surface area contributed by atoms with Gasteiger partial charge in [0.25, 0.3) is 0 Å². The molecule has 7 nitrogen and oxygen atoms in total. The summed E-state index contributed by atoms with van der Waals surface area (Å²) in [6.45, 7) is 1.67. The Morgan fingerprint density at radius 2 is 1.97 bits per heavy atom. The van der Waals surface area contributed by atoms with Crippen molar-refractivity contribution in [3.63, 3.8) is 0 Å². The van der Waals surface area contributed by atoms with Crippen LogP contribution in [0.25, 0.3) is 11.1 Å². The van der Waals surface area contributed by atoms with Crippen molar-refractivity contribution in [2.24, 2.45) is 0 Å². The first-order valence-electron chi connectivity index (χ1n) is 10.1. The molecule has 0 aliphatic carbocycles. The first kappa shape index (κ1) is 18.5. The van der Waals surface area contributed by atoms with E-state index >= 15 is 0 Å². The normalized spacial score (nSPS) is 17.7. The van der Waals surface area contributed by atoms with Gasteiger partial charge in [-0.3, -0.25) is 9.78 Å². The second-order valence-corrected chi connectivity index (χ2v) is 7.60. The van der Waals surface area contributed by atoms with Gasteiger partial charge in [0.2, 0.25) is 12.7 Å². The van der Waals surface area contributed by atoms with E-state index in [4.69, 9.17) is 9.47 Å².